The largest absolute Gasteiger partial charge is 0.358 e. The molecule has 0 bridgehead atoms. The smallest absolute Gasteiger partial charge is 0 e. The minimum Gasteiger partial charge on any atom is -0.358 e. The van der Waals surface area contributed by atoms with Crippen LogP contribution in [0.1, 0.15) is 81.1 Å². The van der Waals surface area contributed by atoms with Gasteiger partial charge in [-0.15, -0.1) is 0 Å². The second-order valence-electron chi connectivity index (χ2n) is 6.04. The summed E-state index contributed by atoms with van der Waals surface area (Å²) in [5.41, 5.74) is 0. The Morgan fingerprint density at radius 1 is 0.800 bits per heavy atom. The topological polar surface area (TPSA) is 0 Å². The molecule has 0 heterocycles. The first-order valence-electron chi connectivity index (χ1n) is 7.34. The van der Waals surface area contributed by atoms with Crippen LogP contribution in [0.15, 0.2) is 0 Å². The van der Waals surface area contributed by atoms with Crippen LogP contribution in [0.25, 0.3) is 0 Å². The third-order valence-corrected chi connectivity index (χ3v) is 1.81. The van der Waals surface area contributed by atoms with E-state index in [0.717, 1.165) is 11.8 Å². The van der Waals surface area contributed by atoms with Gasteiger partial charge in [-0.1, -0.05) is 67.2 Å². The first-order chi connectivity index (χ1) is 7.77. The van der Waals surface area contributed by atoms with E-state index >= 15 is 0 Å². The summed E-state index contributed by atoms with van der Waals surface area (Å²) >= 11 is 0. The summed E-state index contributed by atoms with van der Waals surface area (Å²) in [5, 5.41) is 0. The Morgan fingerprint density at radius 2 is 0.950 bits per heavy atom. The fourth-order valence-corrected chi connectivity index (χ4v) is 1.11. The van der Waals surface area contributed by atoms with Crippen LogP contribution < -0.4 is 0 Å². The molecule has 20 heavy (non-hydrogen) atoms. The Bertz CT molecular complexity index is 99.2. The number of hydrogen-bond acceptors (Lipinski definition) is 0. The zero-order valence-electron chi connectivity index (χ0n) is 15.8. The van der Waals surface area contributed by atoms with E-state index in [1.54, 1.807) is 0 Å². The molecule has 0 rings (SSSR count). The van der Waals surface area contributed by atoms with Gasteiger partial charge in [-0.05, 0) is 11.8 Å². The van der Waals surface area contributed by atoms with Crippen molar-refractivity contribution in [3.8, 4) is 0 Å². The average molecular weight is 530 g/mol. The third kappa shape index (κ3) is 90.4. The van der Waals surface area contributed by atoms with E-state index < -0.39 is 0 Å². The van der Waals surface area contributed by atoms with Crippen molar-refractivity contribution >= 4 is 0 Å². The van der Waals surface area contributed by atoms with Crippen molar-refractivity contribution in [1.29, 1.82) is 0 Å². The van der Waals surface area contributed by atoms with Gasteiger partial charge in [0.1, 0.15) is 0 Å². The van der Waals surface area contributed by atoms with Gasteiger partial charge in [-0.3, -0.25) is 0 Å². The summed E-state index contributed by atoms with van der Waals surface area (Å²) < 4.78 is 0. The Balaban J connectivity index is -0.0000000422. The van der Waals surface area contributed by atoms with E-state index in [1.807, 2.05) is 20.3 Å². The van der Waals surface area contributed by atoms with Crippen molar-refractivity contribution < 1.29 is 53.8 Å². The summed E-state index contributed by atoms with van der Waals surface area (Å²) in [5.74, 6) is 2.37. The Morgan fingerprint density at radius 3 is 1.05 bits per heavy atom. The second-order valence-corrected chi connectivity index (χ2v) is 6.04. The standard InChI is InChI=1S/C10H22.C4H9.C3H7.CH3.W.Y/c1-9(2)7-5-6-8-10(3)4;1-4(2)3;1-3-2;;;/h9-10H,5-8H2,1-4H3;4H,1H2,2-3H3;3H,1-2H3;1H3;;/q;3*-1;;. The van der Waals surface area contributed by atoms with Crippen LogP contribution in [0, 0.1) is 38.5 Å². The SMILES string of the molecule is CC(C)CCCCC(C)C.C[CH-]C.[CH2-]C(C)C.[CH3-].[W].[Y]. The molecular formula is C18H41WY-3. The van der Waals surface area contributed by atoms with Crippen molar-refractivity contribution in [2.24, 2.45) is 17.8 Å². The van der Waals surface area contributed by atoms with Crippen LogP contribution >= 0.6 is 0 Å². The second kappa shape index (κ2) is 32.7. The van der Waals surface area contributed by atoms with Crippen LogP contribution in [-0.4, -0.2) is 0 Å². The molecule has 0 amide bonds. The molecule has 0 N–H and O–H groups in total. The molecule has 2 heteroatoms. The van der Waals surface area contributed by atoms with Gasteiger partial charge >= 0.3 is 0 Å². The van der Waals surface area contributed by atoms with E-state index in [9.17, 15) is 0 Å². The van der Waals surface area contributed by atoms with E-state index in [0.29, 0.717) is 5.92 Å². The van der Waals surface area contributed by atoms with Crippen molar-refractivity contribution in [2.45, 2.75) is 81.1 Å². The molecule has 0 aromatic carbocycles. The van der Waals surface area contributed by atoms with Gasteiger partial charge in [-0.25, -0.2) is 0 Å². The van der Waals surface area contributed by atoms with Crippen LogP contribution in [-0.2, 0) is 53.8 Å². The van der Waals surface area contributed by atoms with E-state index in [4.69, 9.17) is 0 Å². The first kappa shape index (κ1) is 37.8. The van der Waals surface area contributed by atoms with Crippen LogP contribution in [0.5, 0.6) is 0 Å². The maximum atomic E-state index is 3.64. The summed E-state index contributed by atoms with van der Waals surface area (Å²) in [6, 6.07) is 0. The minimum atomic E-state index is 0. The fraction of sp³-hybridized carbons (Fsp3) is 0.833. The predicted molar refractivity (Wildman–Crippen MR) is 90.4 cm³/mol. The predicted octanol–water partition coefficient (Wildman–Crippen LogP) is 7.01. The summed E-state index contributed by atoms with van der Waals surface area (Å²) in [4.78, 5) is 0. The van der Waals surface area contributed by atoms with E-state index in [-0.39, 0.29) is 61.2 Å². The molecule has 125 valence electrons. The van der Waals surface area contributed by atoms with Crippen LogP contribution in [0.2, 0.25) is 0 Å². The van der Waals surface area contributed by atoms with Crippen molar-refractivity contribution in [3.05, 3.63) is 20.8 Å². The molecular weight excluding hydrogens is 489 g/mol. The summed E-state index contributed by atoms with van der Waals surface area (Å²) in [7, 11) is 0. The monoisotopic (exact) mass is 530 g/mol. The Hall–Kier alpha value is 1.79. The molecule has 0 unspecified atom stereocenters. The average Bonchev–Trinajstić information content (AvgIpc) is 2.12. The quantitative estimate of drug-likeness (QED) is 0.265. The van der Waals surface area contributed by atoms with Gasteiger partial charge in [-0.2, -0.15) is 19.8 Å². The summed E-state index contributed by atoms with van der Waals surface area (Å²) in [6.07, 6.45) is 7.67. The Labute approximate surface area is 172 Å². The van der Waals surface area contributed by atoms with Crippen LogP contribution in [0.3, 0.4) is 0 Å². The maximum absolute atomic E-state index is 3.64. The van der Waals surface area contributed by atoms with Gasteiger partial charge in [0.2, 0.25) is 0 Å². The molecule has 0 saturated heterocycles. The minimum absolute atomic E-state index is 0. The van der Waals surface area contributed by atoms with Crippen molar-refractivity contribution in [3.63, 3.8) is 0 Å². The molecule has 0 aliphatic rings. The van der Waals surface area contributed by atoms with E-state index in [2.05, 4.69) is 48.5 Å². The molecule has 0 atom stereocenters. The molecule has 0 fully saturated rings. The number of unbranched alkanes of at least 4 members (excludes halogenated alkanes) is 1. The molecule has 0 nitrogen and oxygen atoms in total. The van der Waals surface area contributed by atoms with Gasteiger partial charge in [0.15, 0.2) is 0 Å². The first-order valence-corrected chi connectivity index (χ1v) is 7.34. The summed E-state index contributed by atoms with van der Waals surface area (Å²) in [6.45, 7) is 21.0. The van der Waals surface area contributed by atoms with Gasteiger partial charge < -0.3 is 20.8 Å². The number of rotatable bonds is 5. The molecule has 0 spiro atoms. The van der Waals surface area contributed by atoms with E-state index in [1.165, 1.54) is 25.7 Å². The Kier molecular flexibility index (Phi) is 61.7. The van der Waals surface area contributed by atoms with Gasteiger partial charge in [0, 0.05) is 53.8 Å². The maximum Gasteiger partial charge on any atom is 0 e. The normalized spacial score (nSPS) is 8.40. The zero-order chi connectivity index (χ0) is 14.3. The number of hydrogen-bond donors (Lipinski definition) is 0. The zero-order valence-corrected chi connectivity index (χ0v) is 21.6. The molecule has 0 aromatic heterocycles. The molecule has 0 aliphatic heterocycles. The van der Waals surface area contributed by atoms with Crippen molar-refractivity contribution in [1.82, 2.24) is 0 Å². The van der Waals surface area contributed by atoms with Crippen molar-refractivity contribution in [2.75, 3.05) is 0 Å². The molecule has 0 aliphatic carbocycles. The molecule has 0 aromatic rings. The fourth-order valence-electron chi connectivity index (χ4n) is 1.11. The van der Waals surface area contributed by atoms with Gasteiger partial charge in [0.05, 0.1) is 0 Å². The molecule has 1 radical (unpaired) electrons. The van der Waals surface area contributed by atoms with Gasteiger partial charge in [0.25, 0.3) is 0 Å². The van der Waals surface area contributed by atoms with Crippen LogP contribution in [0.4, 0.5) is 0 Å². The molecule has 0 saturated carbocycles. The third-order valence-electron chi connectivity index (χ3n) is 1.81.